The molecule has 166 valence electrons. The minimum absolute atomic E-state index is 0.0724. The number of fused-ring (bicyclic) bond motifs is 1. The molecular weight excluding hydrogens is 416 g/mol. The van der Waals surface area contributed by atoms with E-state index in [1.165, 1.54) is 23.3 Å². The molecule has 2 N–H and O–H groups in total. The highest BCUT2D eigenvalue weighted by Crippen LogP contribution is 2.38. The van der Waals surface area contributed by atoms with Crippen LogP contribution in [0.1, 0.15) is 56.8 Å². The van der Waals surface area contributed by atoms with Crippen molar-refractivity contribution in [2.75, 3.05) is 32.7 Å². The van der Waals surface area contributed by atoms with Gasteiger partial charge in [0.05, 0.1) is 25.9 Å². The number of methoxy groups -OCH3 is 2. The van der Waals surface area contributed by atoms with E-state index in [4.69, 9.17) is 14.2 Å². The van der Waals surface area contributed by atoms with E-state index in [1.807, 2.05) is 0 Å². The van der Waals surface area contributed by atoms with Gasteiger partial charge in [-0.1, -0.05) is 0 Å². The molecule has 1 saturated heterocycles. The monoisotopic (exact) mass is 444 g/mol. The summed E-state index contributed by atoms with van der Waals surface area (Å²) >= 11 is 1.51. The Morgan fingerprint density at radius 2 is 1.90 bits per heavy atom. The first kappa shape index (κ1) is 21.6. The second-order valence-electron chi connectivity index (χ2n) is 7.78. The normalized spacial score (nSPS) is 17.7. The fourth-order valence-electron chi connectivity index (χ4n) is 4.15. The van der Waals surface area contributed by atoms with Crippen molar-refractivity contribution in [3.8, 4) is 11.5 Å². The number of rotatable bonds is 7. The maximum atomic E-state index is 13.1. The number of anilines is 1. The van der Waals surface area contributed by atoms with Crippen molar-refractivity contribution in [2.45, 2.75) is 44.6 Å². The maximum Gasteiger partial charge on any atom is 0.256 e. The topological polar surface area (TPSA) is 85.9 Å². The van der Waals surface area contributed by atoms with Crippen molar-refractivity contribution in [2.24, 2.45) is 0 Å². The molecule has 0 spiro atoms. The minimum atomic E-state index is -0.285. The molecule has 1 unspecified atom stereocenters. The zero-order valence-electron chi connectivity index (χ0n) is 17.9. The van der Waals surface area contributed by atoms with Crippen molar-refractivity contribution in [3.05, 3.63) is 39.8 Å². The number of thiophene rings is 1. The lowest BCUT2D eigenvalue weighted by atomic mass is 9.95. The third kappa shape index (κ3) is 4.70. The van der Waals surface area contributed by atoms with Crippen molar-refractivity contribution in [1.29, 1.82) is 0 Å². The standard InChI is InChI=1S/C23H28N2O5S/c1-28-17-10-9-14(12-18(17)29-2)21(26)25-23-20(16-7-3-4-8-19(16)31-23)22(27)24-13-15-6-5-11-30-15/h9-10,12,15H,3-8,11,13H2,1-2H3,(H,24,27)(H,25,26). The Bertz CT molecular complexity index is 965. The number of hydrogen-bond acceptors (Lipinski definition) is 6. The molecule has 0 bridgehead atoms. The summed E-state index contributed by atoms with van der Waals surface area (Å²) in [7, 11) is 3.08. The number of nitrogens with one attached hydrogen (secondary N) is 2. The Morgan fingerprint density at radius 1 is 1.10 bits per heavy atom. The maximum absolute atomic E-state index is 13.1. The van der Waals surface area contributed by atoms with Crippen LogP contribution in [-0.2, 0) is 17.6 Å². The lowest BCUT2D eigenvalue weighted by Crippen LogP contribution is -2.32. The van der Waals surface area contributed by atoms with Gasteiger partial charge in [-0.3, -0.25) is 9.59 Å². The van der Waals surface area contributed by atoms with E-state index < -0.39 is 0 Å². The molecule has 1 atom stereocenters. The third-order valence-electron chi connectivity index (χ3n) is 5.79. The first-order valence-corrected chi connectivity index (χ1v) is 11.5. The molecule has 8 heteroatoms. The molecule has 2 amide bonds. The lowest BCUT2D eigenvalue weighted by molar-refractivity contribution is 0.0858. The van der Waals surface area contributed by atoms with E-state index in [0.717, 1.165) is 50.7 Å². The number of ether oxygens (including phenoxy) is 3. The van der Waals surface area contributed by atoms with Crippen molar-refractivity contribution < 1.29 is 23.8 Å². The van der Waals surface area contributed by atoms with Crippen LogP contribution in [-0.4, -0.2) is 45.3 Å². The number of amides is 2. The first-order chi connectivity index (χ1) is 15.1. The van der Waals surface area contributed by atoms with Gasteiger partial charge >= 0.3 is 0 Å². The van der Waals surface area contributed by atoms with Gasteiger partial charge in [0, 0.05) is 23.6 Å². The Kier molecular flexibility index (Phi) is 6.77. The Hall–Kier alpha value is -2.58. The van der Waals surface area contributed by atoms with Crippen LogP contribution in [0.3, 0.4) is 0 Å². The predicted molar refractivity (Wildman–Crippen MR) is 120 cm³/mol. The first-order valence-electron chi connectivity index (χ1n) is 10.7. The van der Waals surface area contributed by atoms with Crippen LogP contribution < -0.4 is 20.1 Å². The molecule has 1 aliphatic heterocycles. The second kappa shape index (κ2) is 9.70. The largest absolute Gasteiger partial charge is 0.493 e. The molecule has 1 fully saturated rings. The summed E-state index contributed by atoms with van der Waals surface area (Å²) in [5.74, 6) is 0.611. The van der Waals surface area contributed by atoms with Crippen LogP contribution in [0.25, 0.3) is 0 Å². The van der Waals surface area contributed by atoms with Crippen molar-refractivity contribution in [3.63, 3.8) is 0 Å². The Labute approximate surface area is 186 Å². The lowest BCUT2D eigenvalue weighted by Gasteiger charge is -2.15. The van der Waals surface area contributed by atoms with Crippen molar-refractivity contribution in [1.82, 2.24) is 5.32 Å². The number of benzene rings is 1. The fraction of sp³-hybridized carbons (Fsp3) is 0.478. The number of carbonyl (C=O) groups is 2. The summed E-state index contributed by atoms with van der Waals surface area (Å²) < 4.78 is 16.2. The highest BCUT2D eigenvalue weighted by molar-refractivity contribution is 7.17. The molecule has 1 aliphatic carbocycles. The zero-order chi connectivity index (χ0) is 21.8. The summed E-state index contributed by atoms with van der Waals surface area (Å²) in [4.78, 5) is 27.3. The SMILES string of the molecule is COc1ccc(C(=O)Nc2sc3c(c2C(=O)NCC2CCCO2)CCCC3)cc1OC. The summed E-state index contributed by atoms with van der Waals surface area (Å²) in [5, 5.41) is 6.60. The average Bonchev–Trinajstić information content (AvgIpc) is 3.44. The van der Waals surface area contributed by atoms with Gasteiger partial charge in [-0.15, -0.1) is 11.3 Å². The van der Waals surface area contributed by atoms with E-state index in [0.29, 0.717) is 34.2 Å². The van der Waals surface area contributed by atoms with Gasteiger partial charge in [-0.2, -0.15) is 0 Å². The quantitative estimate of drug-likeness (QED) is 0.678. The molecule has 0 radical (unpaired) electrons. The Morgan fingerprint density at radius 3 is 2.65 bits per heavy atom. The van der Waals surface area contributed by atoms with Crippen molar-refractivity contribution >= 4 is 28.2 Å². The van der Waals surface area contributed by atoms with Crippen LogP contribution in [0.5, 0.6) is 11.5 Å². The molecule has 2 aliphatic rings. The summed E-state index contributed by atoms with van der Waals surface area (Å²) in [6, 6.07) is 5.02. The molecule has 1 aromatic carbocycles. The highest BCUT2D eigenvalue weighted by atomic mass is 32.1. The second-order valence-corrected chi connectivity index (χ2v) is 8.89. The van der Waals surface area contributed by atoms with Gasteiger partial charge in [0.2, 0.25) is 0 Å². The molecule has 4 rings (SSSR count). The van der Waals surface area contributed by atoms with Gasteiger partial charge in [0.15, 0.2) is 11.5 Å². The van der Waals surface area contributed by atoms with Crippen LogP contribution in [0.2, 0.25) is 0 Å². The average molecular weight is 445 g/mol. The van der Waals surface area contributed by atoms with E-state index >= 15 is 0 Å². The smallest absolute Gasteiger partial charge is 0.256 e. The van der Waals surface area contributed by atoms with E-state index in [9.17, 15) is 9.59 Å². The summed E-state index contributed by atoms with van der Waals surface area (Å²) in [6.07, 6.45) is 6.03. The molecule has 2 aromatic rings. The summed E-state index contributed by atoms with van der Waals surface area (Å²) in [5.41, 5.74) is 2.12. The van der Waals surface area contributed by atoms with Crippen LogP contribution >= 0.6 is 11.3 Å². The number of aryl methyl sites for hydroxylation is 1. The molecule has 7 nitrogen and oxygen atoms in total. The van der Waals surface area contributed by atoms with Gasteiger partial charge in [-0.25, -0.2) is 0 Å². The van der Waals surface area contributed by atoms with Gasteiger partial charge in [-0.05, 0) is 62.3 Å². The Balaban J connectivity index is 1.56. The molecule has 0 saturated carbocycles. The van der Waals surface area contributed by atoms with E-state index in [-0.39, 0.29) is 17.9 Å². The van der Waals surface area contributed by atoms with Gasteiger partial charge < -0.3 is 24.8 Å². The van der Waals surface area contributed by atoms with E-state index in [2.05, 4.69) is 10.6 Å². The predicted octanol–water partition coefficient (Wildman–Crippen LogP) is 3.81. The third-order valence-corrected chi connectivity index (χ3v) is 6.99. The van der Waals surface area contributed by atoms with Gasteiger partial charge in [0.1, 0.15) is 5.00 Å². The highest BCUT2D eigenvalue weighted by Gasteiger charge is 2.27. The molecule has 2 heterocycles. The minimum Gasteiger partial charge on any atom is -0.493 e. The molecule has 1 aromatic heterocycles. The number of hydrogen-bond donors (Lipinski definition) is 2. The summed E-state index contributed by atoms with van der Waals surface area (Å²) in [6.45, 7) is 1.24. The van der Waals surface area contributed by atoms with Gasteiger partial charge in [0.25, 0.3) is 11.8 Å². The molecular formula is C23H28N2O5S. The number of carbonyl (C=O) groups excluding carboxylic acids is 2. The van der Waals surface area contributed by atoms with Crippen LogP contribution in [0.4, 0.5) is 5.00 Å². The fourth-order valence-corrected chi connectivity index (χ4v) is 5.43. The van der Waals surface area contributed by atoms with Crippen LogP contribution in [0.15, 0.2) is 18.2 Å². The van der Waals surface area contributed by atoms with E-state index in [1.54, 1.807) is 25.3 Å². The van der Waals surface area contributed by atoms with Crippen LogP contribution in [0, 0.1) is 0 Å². The zero-order valence-corrected chi connectivity index (χ0v) is 18.7. The molecule has 31 heavy (non-hydrogen) atoms.